The summed E-state index contributed by atoms with van der Waals surface area (Å²) in [6.45, 7) is 0.0375. The lowest BCUT2D eigenvalue weighted by Crippen LogP contribution is -2.50. The van der Waals surface area contributed by atoms with Gasteiger partial charge in [-0.1, -0.05) is 36.4 Å². The summed E-state index contributed by atoms with van der Waals surface area (Å²) in [5.41, 5.74) is 3.19. The molecule has 2 amide bonds. The number of azo groups is 1. The quantitative estimate of drug-likeness (QED) is 0.853. The molecule has 0 saturated heterocycles. The van der Waals surface area contributed by atoms with Gasteiger partial charge in [0.05, 0.1) is 5.69 Å². The van der Waals surface area contributed by atoms with Gasteiger partial charge in [0.15, 0.2) is 6.17 Å². The van der Waals surface area contributed by atoms with Gasteiger partial charge in [0.2, 0.25) is 5.84 Å². The van der Waals surface area contributed by atoms with Crippen LogP contribution in [-0.4, -0.2) is 43.5 Å². The molecule has 0 aromatic heterocycles. The summed E-state index contributed by atoms with van der Waals surface area (Å²) >= 11 is 0. The molecule has 1 N–H and O–H groups in total. The normalized spacial score (nSPS) is 24.6. The Morgan fingerprint density at radius 3 is 2.87 bits per heavy atom. The molecule has 2 aromatic carbocycles. The minimum Gasteiger partial charge on any atom is -0.489 e. The number of para-hydroxylation sites is 2. The van der Waals surface area contributed by atoms with E-state index in [-0.39, 0.29) is 24.3 Å². The number of aliphatic imine (C=N–C) groups is 1. The van der Waals surface area contributed by atoms with E-state index in [1.54, 1.807) is 19.2 Å². The Morgan fingerprint density at radius 2 is 1.97 bits per heavy atom. The van der Waals surface area contributed by atoms with Crippen LogP contribution in [0.2, 0.25) is 0 Å². The topological polar surface area (TPSA) is 95.7 Å². The molecule has 30 heavy (non-hydrogen) atoms. The van der Waals surface area contributed by atoms with Gasteiger partial charge in [-0.05, 0) is 36.1 Å². The Morgan fingerprint density at radius 1 is 1.17 bits per heavy atom. The summed E-state index contributed by atoms with van der Waals surface area (Å²) in [5, 5.41) is 10.9. The van der Waals surface area contributed by atoms with Crippen LogP contribution in [-0.2, 0) is 16.0 Å². The fraction of sp³-hybridized carbons (Fsp3) is 0.318. The maximum absolute atomic E-state index is 12.8. The SMILES string of the molecule is CN1C(=O)[C@@H](NC(=O)C2=NC(C3CCc4ccccc43)N=N2)COc2ccccc21. The van der Waals surface area contributed by atoms with Crippen LogP contribution in [0.5, 0.6) is 5.75 Å². The number of nitrogens with one attached hydrogen (secondary N) is 1. The van der Waals surface area contributed by atoms with E-state index in [1.165, 1.54) is 16.0 Å². The minimum atomic E-state index is -0.834. The lowest BCUT2D eigenvalue weighted by atomic mass is 9.99. The van der Waals surface area contributed by atoms with Gasteiger partial charge >= 0.3 is 0 Å². The van der Waals surface area contributed by atoms with Gasteiger partial charge in [-0.15, -0.1) is 5.11 Å². The lowest BCUT2D eigenvalue weighted by Gasteiger charge is -2.20. The molecule has 2 heterocycles. The summed E-state index contributed by atoms with van der Waals surface area (Å²) in [6, 6.07) is 14.7. The highest BCUT2D eigenvalue weighted by atomic mass is 16.5. The number of anilines is 1. The van der Waals surface area contributed by atoms with Crippen molar-refractivity contribution in [3.05, 3.63) is 59.7 Å². The van der Waals surface area contributed by atoms with Crippen molar-refractivity contribution in [2.75, 3.05) is 18.6 Å². The fourth-order valence-corrected chi connectivity index (χ4v) is 4.24. The molecule has 8 heteroatoms. The fourth-order valence-electron chi connectivity index (χ4n) is 4.24. The smallest absolute Gasteiger partial charge is 0.291 e. The summed E-state index contributed by atoms with van der Waals surface area (Å²) in [5.74, 6) is -0.0535. The lowest BCUT2D eigenvalue weighted by molar-refractivity contribution is -0.124. The van der Waals surface area contributed by atoms with Gasteiger partial charge in [-0.2, -0.15) is 5.11 Å². The first kappa shape index (κ1) is 18.5. The molecule has 0 spiro atoms. The van der Waals surface area contributed by atoms with E-state index in [1.807, 2.05) is 24.3 Å². The van der Waals surface area contributed by atoms with Gasteiger partial charge in [0.25, 0.3) is 11.8 Å². The number of fused-ring (bicyclic) bond motifs is 2. The van der Waals surface area contributed by atoms with Crippen LogP contribution in [0.25, 0.3) is 0 Å². The molecular formula is C22H21N5O3. The number of rotatable bonds is 3. The van der Waals surface area contributed by atoms with Gasteiger partial charge in [-0.25, -0.2) is 4.99 Å². The van der Waals surface area contributed by atoms with Crippen LogP contribution in [0.4, 0.5) is 5.69 Å². The number of benzene rings is 2. The third-order valence-electron chi connectivity index (χ3n) is 5.83. The molecule has 2 aliphatic heterocycles. The second kappa shape index (κ2) is 7.37. The third-order valence-corrected chi connectivity index (χ3v) is 5.83. The standard InChI is InChI=1S/C22H21N5O3/c1-27-17-8-4-5-9-18(17)30-12-16(22(27)29)23-21(28)20-24-19(25-26-20)15-11-10-13-6-2-3-7-14(13)15/h2-9,15-16,19H,10-12H2,1H3,(H,23,28)/t15?,16-,19?/m0/s1. The average Bonchev–Trinajstić information content (AvgIpc) is 3.40. The van der Waals surface area contributed by atoms with Crippen molar-refractivity contribution < 1.29 is 14.3 Å². The van der Waals surface area contributed by atoms with Crippen LogP contribution >= 0.6 is 0 Å². The molecule has 152 valence electrons. The second-order valence-electron chi connectivity index (χ2n) is 7.63. The highest BCUT2D eigenvalue weighted by Gasteiger charge is 2.35. The zero-order chi connectivity index (χ0) is 20.7. The molecule has 1 aliphatic carbocycles. The summed E-state index contributed by atoms with van der Waals surface area (Å²) in [7, 11) is 1.66. The van der Waals surface area contributed by atoms with Gasteiger partial charge in [0.1, 0.15) is 18.4 Å². The average molecular weight is 403 g/mol. The van der Waals surface area contributed by atoms with Crippen molar-refractivity contribution in [3.8, 4) is 5.75 Å². The first-order valence-electron chi connectivity index (χ1n) is 9.98. The Kier molecular flexibility index (Phi) is 4.54. The minimum absolute atomic E-state index is 0.00148. The van der Waals surface area contributed by atoms with Crippen molar-refractivity contribution >= 4 is 23.3 Å². The number of amides is 2. The number of carbonyl (C=O) groups is 2. The van der Waals surface area contributed by atoms with E-state index in [9.17, 15) is 9.59 Å². The van der Waals surface area contributed by atoms with Crippen molar-refractivity contribution in [1.82, 2.24) is 5.32 Å². The van der Waals surface area contributed by atoms with Crippen LogP contribution in [0.15, 0.2) is 63.8 Å². The predicted octanol–water partition coefficient (Wildman–Crippen LogP) is 2.45. The molecule has 3 atom stereocenters. The third kappa shape index (κ3) is 3.14. The number of hydrogen-bond donors (Lipinski definition) is 1. The van der Waals surface area contributed by atoms with E-state index in [0.29, 0.717) is 11.4 Å². The number of aryl methyl sites for hydroxylation is 1. The molecule has 8 nitrogen and oxygen atoms in total. The maximum atomic E-state index is 12.8. The van der Waals surface area contributed by atoms with Crippen molar-refractivity contribution in [3.63, 3.8) is 0 Å². The highest BCUT2D eigenvalue weighted by Crippen LogP contribution is 2.38. The molecule has 0 saturated carbocycles. The maximum Gasteiger partial charge on any atom is 0.291 e. The highest BCUT2D eigenvalue weighted by molar-refractivity contribution is 6.38. The number of carbonyl (C=O) groups excluding carboxylic acids is 2. The van der Waals surface area contributed by atoms with Crippen LogP contribution < -0.4 is 15.0 Å². The van der Waals surface area contributed by atoms with Crippen molar-refractivity contribution in [1.29, 1.82) is 0 Å². The summed E-state index contributed by atoms with van der Waals surface area (Å²) in [4.78, 5) is 31.5. The molecular weight excluding hydrogens is 382 g/mol. The number of hydrogen-bond acceptors (Lipinski definition) is 6. The molecule has 5 rings (SSSR count). The van der Waals surface area contributed by atoms with Crippen LogP contribution in [0, 0.1) is 0 Å². The van der Waals surface area contributed by atoms with E-state index < -0.39 is 18.1 Å². The summed E-state index contributed by atoms with van der Waals surface area (Å²) in [6.07, 6.45) is 1.51. The molecule has 0 bridgehead atoms. The zero-order valence-electron chi connectivity index (χ0n) is 16.5. The number of amidine groups is 1. The van der Waals surface area contributed by atoms with Crippen LogP contribution in [0.3, 0.4) is 0 Å². The predicted molar refractivity (Wildman–Crippen MR) is 111 cm³/mol. The van der Waals surface area contributed by atoms with Gasteiger partial charge in [0, 0.05) is 13.0 Å². The Hall–Kier alpha value is -3.55. The van der Waals surface area contributed by atoms with Gasteiger partial charge in [-0.3, -0.25) is 9.59 Å². The summed E-state index contributed by atoms with van der Waals surface area (Å²) < 4.78 is 5.74. The first-order chi connectivity index (χ1) is 14.6. The van der Waals surface area contributed by atoms with E-state index >= 15 is 0 Å². The molecule has 0 radical (unpaired) electrons. The molecule has 2 aromatic rings. The Bertz CT molecular complexity index is 1080. The molecule has 0 fully saturated rings. The number of likely N-dealkylation sites (N-methyl/N-ethyl adjacent to an activating group) is 1. The number of nitrogens with zero attached hydrogens (tertiary/aromatic N) is 4. The Balaban J connectivity index is 1.29. The van der Waals surface area contributed by atoms with E-state index in [0.717, 1.165) is 12.8 Å². The van der Waals surface area contributed by atoms with Crippen LogP contribution in [0.1, 0.15) is 23.5 Å². The second-order valence-corrected chi connectivity index (χ2v) is 7.63. The van der Waals surface area contributed by atoms with E-state index in [4.69, 9.17) is 4.74 Å². The monoisotopic (exact) mass is 403 g/mol. The zero-order valence-corrected chi connectivity index (χ0v) is 16.5. The Labute approximate surface area is 173 Å². The molecule has 2 unspecified atom stereocenters. The van der Waals surface area contributed by atoms with Crippen molar-refractivity contribution in [2.45, 2.75) is 31.0 Å². The molecule has 3 aliphatic rings. The largest absolute Gasteiger partial charge is 0.489 e. The van der Waals surface area contributed by atoms with Gasteiger partial charge < -0.3 is 15.0 Å². The van der Waals surface area contributed by atoms with Crippen molar-refractivity contribution in [2.24, 2.45) is 15.2 Å². The first-order valence-corrected chi connectivity index (χ1v) is 9.98. The number of ether oxygens (including phenoxy) is 1. The van der Waals surface area contributed by atoms with E-state index in [2.05, 4.69) is 32.7 Å².